The number of sulfonamides is 2. The van der Waals surface area contributed by atoms with Crippen molar-refractivity contribution in [1.29, 1.82) is 0 Å². The third-order valence-corrected chi connectivity index (χ3v) is 11.5. The highest BCUT2D eigenvalue weighted by atomic mass is 35.5. The van der Waals surface area contributed by atoms with Gasteiger partial charge >= 0.3 is 15.5 Å². The van der Waals surface area contributed by atoms with Crippen LogP contribution in [-0.2, 0) is 29.9 Å². The second kappa shape index (κ2) is 8.66. The normalized spacial score (nSPS) is 21.2. The number of alkyl halides is 3. The number of pyridine rings is 1. The summed E-state index contributed by atoms with van der Waals surface area (Å²) in [6, 6.07) is 6.53. The van der Waals surface area contributed by atoms with Gasteiger partial charge in [0.2, 0.25) is 19.9 Å². The van der Waals surface area contributed by atoms with Gasteiger partial charge in [0.05, 0.1) is 4.90 Å². The largest absolute Gasteiger partial charge is 0.511 e. The number of hydrogen-bond acceptors (Lipinski definition) is 7. The number of sulfone groups is 1. The van der Waals surface area contributed by atoms with Crippen molar-refractivity contribution in [1.82, 2.24) is 14.0 Å². The summed E-state index contributed by atoms with van der Waals surface area (Å²) < 4.78 is 117. The summed E-state index contributed by atoms with van der Waals surface area (Å²) in [5, 5.41) is -0.372. The SMILES string of the molecule is O=S(=O)(c1ccccn1)c1cc(Cl)ccc1S(=O)(=O)N1CCC2(CC1)CC2NS(=O)(=O)C(F)(F)F. The molecular weight excluding hydrogens is 555 g/mol. The quantitative estimate of drug-likeness (QED) is 0.562. The van der Waals surface area contributed by atoms with Gasteiger partial charge in [0.1, 0.15) is 4.90 Å². The first-order valence-electron chi connectivity index (χ1n) is 10.1. The zero-order chi connectivity index (χ0) is 25.9. The Labute approximate surface area is 205 Å². The summed E-state index contributed by atoms with van der Waals surface area (Å²) in [7, 11) is -14.2. The highest BCUT2D eigenvalue weighted by Crippen LogP contribution is 2.55. The second-order valence-electron chi connectivity index (χ2n) is 8.35. The summed E-state index contributed by atoms with van der Waals surface area (Å²) in [4.78, 5) is 2.74. The van der Waals surface area contributed by atoms with E-state index in [0.717, 1.165) is 16.4 Å². The number of hydrogen-bond donors (Lipinski definition) is 1. The zero-order valence-corrected chi connectivity index (χ0v) is 20.9. The van der Waals surface area contributed by atoms with Crippen LogP contribution in [0.25, 0.3) is 0 Å². The lowest BCUT2D eigenvalue weighted by atomic mass is 9.94. The van der Waals surface area contributed by atoms with Gasteiger partial charge in [-0.1, -0.05) is 17.7 Å². The predicted molar refractivity (Wildman–Crippen MR) is 118 cm³/mol. The van der Waals surface area contributed by atoms with Crippen LogP contribution in [0, 0.1) is 5.41 Å². The average Bonchev–Trinajstić information content (AvgIpc) is 3.43. The predicted octanol–water partition coefficient (Wildman–Crippen LogP) is 2.55. The minimum atomic E-state index is -5.51. The highest BCUT2D eigenvalue weighted by molar-refractivity contribution is 7.93. The van der Waals surface area contributed by atoms with E-state index in [-0.39, 0.29) is 42.4 Å². The Morgan fingerprint density at radius 3 is 2.23 bits per heavy atom. The van der Waals surface area contributed by atoms with Crippen molar-refractivity contribution in [3.05, 3.63) is 47.6 Å². The van der Waals surface area contributed by atoms with Gasteiger partial charge in [-0.05, 0) is 55.0 Å². The minimum absolute atomic E-state index is 0.00572. The Bertz CT molecular complexity index is 1460. The molecule has 1 aliphatic carbocycles. The summed E-state index contributed by atoms with van der Waals surface area (Å²) in [6.07, 6.45) is 1.60. The summed E-state index contributed by atoms with van der Waals surface area (Å²) >= 11 is 5.96. The molecule has 1 unspecified atom stereocenters. The van der Waals surface area contributed by atoms with Crippen LogP contribution in [-0.4, -0.2) is 59.2 Å². The van der Waals surface area contributed by atoms with Gasteiger partial charge in [0.25, 0.3) is 0 Å². The van der Waals surface area contributed by atoms with Gasteiger partial charge in [0.15, 0.2) is 5.03 Å². The molecule has 4 rings (SSSR count). The number of benzene rings is 1. The lowest BCUT2D eigenvalue weighted by Crippen LogP contribution is -2.44. The fourth-order valence-electron chi connectivity index (χ4n) is 4.16. The summed E-state index contributed by atoms with van der Waals surface area (Å²) in [6.45, 7) is -0.253. The molecule has 1 spiro atoms. The molecule has 1 aromatic heterocycles. The maximum absolute atomic E-state index is 13.4. The molecule has 35 heavy (non-hydrogen) atoms. The number of piperidine rings is 1. The van der Waals surface area contributed by atoms with E-state index in [1.54, 1.807) is 4.72 Å². The molecule has 16 heteroatoms. The van der Waals surface area contributed by atoms with Crippen molar-refractivity contribution in [2.24, 2.45) is 5.41 Å². The first kappa shape index (κ1) is 26.3. The van der Waals surface area contributed by atoms with Crippen molar-refractivity contribution < 1.29 is 38.4 Å². The lowest BCUT2D eigenvalue weighted by Gasteiger charge is -2.32. The fourth-order valence-corrected chi connectivity index (χ4v) is 8.67. The third kappa shape index (κ3) is 4.81. The van der Waals surface area contributed by atoms with Crippen LogP contribution in [0.3, 0.4) is 0 Å². The Balaban J connectivity index is 1.57. The monoisotopic (exact) mass is 573 g/mol. The third-order valence-electron chi connectivity index (χ3n) is 6.24. The van der Waals surface area contributed by atoms with E-state index < -0.39 is 56.6 Å². The second-order valence-corrected chi connectivity index (χ2v) is 14.3. The first-order valence-corrected chi connectivity index (χ1v) is 14.9. The molecule has 1 atom stereocenters. The Kier molecular flexibility index (Phi) is 6.50. The van der Waals surface area contributed by atoms with E-state index >= 15 is 0 Å². The number of halogens is 4. The van der Waals surface area contributed by atoms with Crippen LogP contribution in [0.2, 0.25) is 5.02 Å². The summed E-state index contributed by atoms with van der Waals surface area (Å²) in [5.41, 5.74) is -6.22. The van der Waals surface area contributed by atoms with Gasteiger partial charge in [-0.3, -0.25) is 0 Å². The molecule has 2 aromatic rings. The Hall–Kier alpha value is -1.78. The average molecular weight is 574 g/mol. The molecule has 2 fully saturated rings. The zero-order valence-electron chi connectivity index (χ0n) is 17.7. The topological polar surface area (TPSA) is 131 Å². The molecule has 0 amide bonds. The number of nitrogens with zero attached hydrogens (tertiary/aromatic N) is 2. The van der Waals surface area contributed by atoms with E-state index in [4.69, 9.17) is 11.6 Å². The molecular formula is C19H19ClF3N3O6S3. The van der Waals surface area contributed by atoms with Crippen LogP contribution in [0.5, 0.6) is 0 Å². The van der Waals surface area contributed by atoms with Crippen molar-refractivity contribution >= 4 is 41.5 Å². The summed E-state index contributed by atoms with van der Waals surface area (Å²) in [5.74, 6) is 0. The van der Waals surface area contributed by atoms with E-state index in [9.17, 15) is 38.4 Å². The lowest BCUT2D eigenvalue weighted by molar-refractivity contribution is -0.0449. The fraction of sp³-hybridized carbons (Fsp3) is 0.421. The van der Waals surface area contributed by atoms with Crippen LogP contribution in [0.4, 0.5) is 13.2 Å². The molecule has 1 N–H and O–H groups in total. The Morgan fingerprint density at radius 1 is 1.00 bits per heavy atom. The van der Waals surface area contributed by atoms with Crippen molar-refractivity contribution in [2.45, 2.75) is 45.6 Å². The molecule has 9 nitrogen and oxygen atoms in total. The van der Waals surface area contributed by atoms with Gasteiger partial charge in [-0.15, -0.1) is 0 Å². The van der Waals surface area contributed by atoms with Gasteiger partial charge in [0, 0.05) is 30.4 Å². The number of aromatic nitrogens is 1. The van der Waals surface area contributed by atoms with Gasteiger partial charge in [-0.2, -0.15) is 17.5 Å². The van der Waals surface area contributed by atoms with Crippen molar-refractivity contribution in [3.63, 3.8) is 0 Å². The molecule has 0 radical (unpaired) electrons. The van der Waals surface area contributed by atoms with Crippen LogP contribution < -0.4 is 4.72 Å². The molecule has 2 aliphatic rings. The molecule has 1 saturated heterocycles. The minimum Gasteiger partial charge on any atom is -0.244 e. The van der Waals surface area contributed by atoms with Crippen LogP contribution in [0.1, 0.15) is 19.3 Å². The molecule has 192 valence electrons. The first-order chi connectivity index (χ1) is 16.1. The maximum atomic E-state index is 13.4. The molecule has 0 bridgehead atoms. The van der Waals surface area contributed by atoms with Gasteiger partial charge < -0.3 is 0 Å². The highest BCUT2D eigenvalue weighted by Gasteiger charge is 2.60. The smallest absolute Gasteiger partial charge is 0.244 e. The van der Waals surface area contributed by atoms with Crippen LogP contribution in [0.15, 0.2) is 57.4 Å². The molecule has 2 heterocycles. The van der Waals surface area contributed by atoms with E-state index in [1.165, 1.54) is 30.5 Å². The van der Waals surface area contributed by atoms with Crippen molar-refractivity contribution in [2.75, 3.05) is 13.1 Å². The molecule has 1 saturated carbocycles. The van der Waals surface area contributed by atoms with Crippen molar-refractivity contribution in [3.8, 4) is 0 Å². The van der Waals surface area contributed by atoms with E-state index in [2.05, 4.69) is 4.98 Å². The molecule has 1 aliphatic heterocycles. The maximum Gasteiger partial charge on any atom is 0.511 e. The van der Waals surface area contributed by atoms with Crippen LogP contribution >= 0.6 is 11.6 Å². The van der Waals surface area contributed by atoms with E-state index in [1.807, 2.05) is 0 Å². The Morgan fingerprint density at radius 2 is 1.66 bits per heavy atom. The number of rotatable bonds is 6. The van der Waals surface area contributed by atoms with E-state index in [0.29, 0.717) is 0 Å². The number of nitrogens with one attached hydrogen (secondary N) is 1. The standard InChI is InChI=1S/C19H19ClF3N3O6S3/c20-13-4-5-14(15(11-13)33(27,28)17-3-1-2-8-24-17)34(29,30)26-9-6-18(7-10-26)12-16(18)25-35(31,32)19(21,22)23/h1-5,8,11,16,25H,6-7,9-10,12H2. The van der Waals surface area contributed by atoms with Gasteiger partial charge in [-0.25, -0.2) is 35.0 Å². The molecule has 1 aromatic carbocycles.